The highest BCUT2D eigenvalue weighted by Gasteiger charge is 2.47. The number of aliphatic carboxylic acids is 1. The molecule has 0 aliphatic heterocycles. The van der Waals surface area contributed by atoms with Gasteiger partial charge in [0, 0.05) is 24.0 Å². The van der Waals surface area contributed by atoms with Crippen LogP contribution in [0.1, 0.15) is 55.8 Å². The number of methoxy groups -OCH3 is 1. The Kier molecular flexibility index (Phi) is 6.95. The van der Waals surface area contributed by atoms with Gasteiger partial charge in [0.2, 0.25) is 0 Å². The lowest BCUT2D eigenvalue weighted by atomic mass is 9.77. The van der Waals surface area contributed by atoms with E-state index in [0.29, 0.717) is 59.2 Å². The van der Waals surface area contributed by atoms with E-state index in [1.807, 2.05) is 0 Å². The minimum Gasteiger partial charge on any atom is -0.495 e. The molecular weight excluding hydrogens is 480 g/mol. The second-order valence-electron chi connectivity index (χ2n) is 9.59. The molecule has 0 bridgehead atoms. The Morgan fingerprint density at radius 1 is 1.09 bits per heavy atom. The number of carbonyl (C=O) groups excluding carboxylic acids is 1. The van der Waals surface area contributed by atoms with E-state index in [4.69, 9.17) is 21.1 Å². The van der Waals surface area contributed by atoms with Gasteiger partial charge in [-0.3, -0.25) is 4.79 Å². The van der Waals surface area contributed by atoms with Crippen LogP contribution in [0.4, 0.5) is 8.78 Å². The van der Waals surface area contributed by atoms with Gasteiger partial charge in [0.1, 0.15) is 23.1 Å². The van der Waals surface area contributed by atoms with Gasteiger partial charge in [-0.2, -0.15) is 0 Å². The predicted octanol–water partition coefficient (Wildman–Crippen LogP) is 5.96. The third kappa shape index (κ3) is 5.37. The van der Waals surface area contributed by atoms with Crippen LogP contribution in [0.3, 0.4) is 0 Å². The molecule has 2 saturated carbocycles. The van der Waals surface area contributed by atoms with Crippen LogP contribution in [0.25, 0.3) is 11.1 Å². The molecule has 2 aromatic rings. The van der Waals surface area contributed by atoms with Crippen molar-refractivity contribution in [2.75, 3.05) is 7.11 Å². The van der Waals surface area contributed by atoms with Gasteiger partial charge in [0.15, 0.2) is 0 Å². The smallest absolute Gasteiger partial charge is 0.329 e. The van der Waals surface area contributed by atoms with Gasteiger partial charge >= 0.3 is 5.97 Å². The molecular formula is C26H28ClF2NO5. The number of hydrogen-bond acceptors (Lipinski definition) is 4. The molecule has 0 spiro atoms. The molecule has 0 unspecified atom stereocenters. The summed E-state index contributed by atoms with van der Waals surface area (Å²) >= 11 is 6.30. The van der Waals surface area contributed by atoms with Crippen molar-refractivity contribution in [3.8, 4) is 22.6 Å². The lowest BCUT2D eigenvalue weighted by molar-refractivity contribution is -0.146. The fraction of sp³-hybridized carbons (Fsp3) is 0.462. The molecule has 0 heterocycles. The first-order valence-corrected chi connectivity index (χ1v) is 12.0. The molecule has 0 saturated heterocycles. The first-order valence-electron chi connectivity index (χ1n) is 11.6. The van der Waals surface area contributed by atoms with Gasteiger partial charge in [-0.1, -0.05) is 24.6 Å². The SMILES string of the molecule is COc1ccc(-c2cc(C(=O)N[C@]3(C(=O)O)CC[C@@H](C)CC3)ccc2OC2CC(F)(F)C2)cc1Cl. The maximum absolute atomic E-state index is 13.4. The van der Waals surface area contributed by atoms with Crippen LogP contribution in [-0.4, -0.2) is 41.7 Å². The van der Waals surface area contributed by atoms with E-state index >= 15 is 0 Å². The van der Waals surface area contributed by atoms with Gasteiger partial charge in [0.25, 0.3) is 11.8 Å². The number of hydrogen-bond donors (Lipinski definition) is 2. The van der Waals surface area contributed by atoms with Crippen molar-refractivity contribution in [3.63, 3.8) is 0 Å². The summed E-state index contributed by atoms with van der Waals surface area (Å²) in [6.07, 6.45) is 0.731. The zero-order valence-electron chi connectivity index (χ0n) is 19.6. The van der Waals surface area contributed by atoms with Crippen LogP contribution < -0.4 is 14.8 Å². The van der Waals surface area contributed by atoms with Crippen molar-refractivity contribution >= 4 is 23.5 Å². The van der Waals surface area contributed by atoms with Crippen LogP contribution in [0, 0.1) is 5.92 Å². The molecule has 2 fully saturated rings. The number of ether oxygens (including phenoxy) is 2. The van der Waals surface area contributed by atoms with Crippen LogP contribution in [0.15, 0.2) is 36.4 Å². The van der Waals surface area contributed by atoms with Crippen molar-refractivity contribution in [1.29, 1.82) is 0 Å². The molecule has 188 valence electrons. The van der Waals surface area contributed by atoms with Crippen LogP contribution in [0.2, 0.25) is 5.02 Å². The predicted molar refractivity (Wildman–Crippen MR) is 128 cm³/mol. The van der Waals surface area contributed by atoms with E-state index in [2.05, 4.69) is 12.2 Å². The quantitative estimate of drug-likeness (QED) is 0.483. The normalized spacial score (nSPS) is 23.7. The molecule has 2 aliphatic rings. The lowest BCUT2D eigenvalue weighted by Gasteiger charge is -2.36. The summed E-state index contributed by atoms with van der Waals surface area (Å²) in [6.45, 7) is 2.07. The minimum atomic E-state index is -2.74. The van der Waals surface area contributed by atoms with Crippen molar-refractivity contribution in [2.24, 2.45) is 5.92 Å². The Morgan fingerprint density at radius 3 is 2.31 bits per heavy atom. The second kappa shape index (κ2) is 9.64. The highest BCUT2D eigenvalue weighted by Crippen LogP contribution is 2.43. The molecule has 9 heteroatoms. The Bertz CT molecular complexity index is 1120. The van der Waals surface area contributed by atoms with E-state index in [1.165, 1.54) is 13.2 Å². The minimum absolute atomic E-state index is 0.234. The number of carboxylic acid groups (broad SMARTS) is 1. The number of amides is 1. The summed E-state index contributed by atoms with van der Waals surface area (Å²) in [5.41, 5.74) is 0.00219. The fourth-order valence-electron chi connectivity index (χ4n) is 4.64. The third-order valence-electron chi connectivity index (χ3n) is 6.94. The summed E-state index contributed by atoms with van der Waals surface area (Å²) in [6, 6.07) is 9.66. The van der Waals surface area contributed by atoms with Crippen LogP contribution in [0.5, 0.6) is 11.5 Å². The first-order chi connectivity index (χ1) is 16.5. The van der Waals surface area contributed by atoms with E-state index < -0.39 is 29.4 Å². The number of halogens is 3. The fourth-order valence-corrected chi connectivity index (χ4v) is 4.90. The van der Waals surface area contributed by atoms with Gasteiger partial charge in [-0.25, -0.2) is 13.6 Å². The van der Waals surface area contributed by atoms with Gasteiger partial charge < -0.3 is 19.9 Å². The van der Waals surface area contributed by atoms with Crippen molar-refractivity contribution in [2.45, 2.75) is 63.0 Å². The zero-order valence-corrected chi connectivity index (χ0v) is 20.3. The molecule has 1 amide bonds. The van der Waals surface area contributed by atoms with E-state index in [1.54, 1.807) is 30.3 Å². The monoisotopic (exact) mass is 507 g/mol. The van der Waals surface area contributed by atoms with Crippen LogP contribution >= 0.6 is 11.6 Å². The highest BCUT2D eigenvalue weighted by atomic mass is 35.5. The summed E-state index contributed by atoms with van der Waals surface area (Å²) in [7, 11) is 1.49. The summed E-state index contributed by atoms with van der Waals surface area (Å²) in [5.74, 6) is -3.11. The van der Waals surface area contributed by atoms with Gasteiger partial charge in [0.05, 0.1) is 12.1 Å². The first kappa shape index (κ1) is 25.2. The standard InChI is InChI=1S/C26H28ClF2NO5/c1-15-7-9-25(10-8-15,24(32)33)30-23(31)17-4-5-21(35-18-13-26(28,29)14-18)19(11-17)16-3-6-22(34-2)20(27)12-16/h3-6,11-12,15,18H,7-10,13-14H2,1-2H3,(H,30,31)(H,32,33)/t15-,25-. The van der Waals surface area contributed by atoms with E-state index in [-0.39, 0.29) is 18.4 Å². The van der Waals surface area contributed by atoms with Crippen molar-refractivity contribution in [1.82, 2.24) is 5.32 Å². The van der Waals surface area contributed by atoms with Gasteiger partial charge in [-0.05, 0) is 67.5 Å². The Morgan fingerprint density at radius 2 is 1.74 bits per heavy atom. The number of carbonyl (C=O) groups is 2. The number of alkyl halides is 2. The number of nitrogens with one attached hydrogen (secondary N) is 1. The molecule has 2 aromatic carbocycles. The zero-order chi connectivity index (χ0) is 25.4. The summed E-state index contributed by atoms with van der Waals surface area (Å²) in [5, 5.41) is 13.0. The van der Waals surface area contributed by atoms with Crippen LogP contribution in [-0.2, 0) is 4.79 Å². The average Bonchev–Trinajstić information content (AvgIpc) is 2.79. The molecule has 35 heavy (non-hydrogen) atoms. The number of carboxylic acids is 1. The molecule has 4 rings (SSSR count). The highest BCUT2D eigenvalue weighted by molar-refractivity contribution is 6.32. The molecule has 0 atom stereocenters. The third-order valence-corrected chi connectivity index (χ3v) is 7.24. The topological polar surface area (TPSA) is 84.9 Å². The molecule has 0 aromatic heterocycles. The molecule has 2 N–H and O–H groups in total. The van der Waals surface area contributed by atoms with Crippen molar-refractivity contribution in [3.05, 3.63) is 47.0 Å². The van der Waals surface area contributed by atoms with E-state index in [0.717, 1.165) is 0 Å². The second-order valence-corrected chi connectivity index (χ2v) is 10.00. The maximum atomic E-state index is 13.4. The maximum Gasteiger partial charge on any atom is 0.329 e. The number of rotatable bonds is 7. The van der Waals surface area contributed by atoms with Gasteiger partial charge in [-0.15, -0.1) is 0 Å². The largest absolute Gasteiger partial charge is 0.495 e. The molecule has 0 radical (unpaired) electrons. The van der Waals surface area contributed by atoms with E-state index in [9.17, 15) is 23.5 Å². The lowest BCUT2D eigenvalue weighted by Crippen LogP contribution is -2.56. The van der Waals surface area contributed by atoms with Crippen molar-refractivity contribution < 1.29 is 33.0 Å². The molecule has 2 aliphatic carbocycles. The summed E-state index contributed by atoms with van der Waals surface area (Å²) in [4.78, 5) is 25.3. The Hall–Kier alpha value is -2.87. The Balaban J connectivity index is 1.65. The molecule has 6 nitrogen and oxygen atoms in total. The summed E-state index contributed by atoms with van der Waals surface area (Å²) < 4.78 is 37.8. The number of benzene rings is 2. The Labute approximate surface area is 207 Å². The average molecular weight is 508 g/mol.